The van der Waals surface area contributed by atoms with Gasteiger partial charge in [-0.05, 0) is 18.6 Å². The molecule has 1 saturated carbocycles. The summed E-state index contributed by atoms with van der Waals surface area (Å²) in [5, 5.41) is 15.1. The van der Waals surface area contributed by atoms with E-state index in [-0.39, 0.29) is 5.41 Å². The maximum Gasteiger partial charge on any atom is 0.191 e. The highest BCUT2D eigenvalue weighted by atomic mass is 16.5. The molecule has 0 bridgehead atoms. The van der Waals surface area contributed by atoms with Crippen molar-refractivity contribution < 1.29 is 4.74 Å². The van der Waals surface area contributed by atoms with Gasteiger partial charge in [0, 0.05) is 31.8 Å². The molecule has 2 aromatic heterocycles. The Balaban J connectivity index is 1.61. The highest BCUT2D eigenvalue weighted by molar-refractivity contribution is 5.80. The number of nitrogens with zero attached hydrogens (tertiary/aromatic N) is 4. The van der Waals surface area contributed by atoms with Crippen molar-refractivity contribution in [2.45, 2.75) is 39.0 Å². The monoisotopic (exact) mass is 316 g/mol. The number of hydrogen-bond donors (Lipinski definition) is 2. The van der Waals surface area contributed by atoms with Gasteiger partial charge in [0.25, 0.3) is 0 Å². The Bertz CT molecular complexity index is 707. The third kappa shape index (κ3) is 2.88. The lowest BCUT2D eigenvalue weighted by atomic mass is 9.64. The van der Waals surface area contributed by atoms with Crippen molar-refractivity contribution in [1.82, 2.24) is 25.2 Å². The van der Waals surface area contributed by atoms with Crippen LogP contribution >= 0.6 is 0 Å². The summed E-state index contributed by atoms with van der Waals surface area (Å²) in [6, 6.07) is 6.20. The van der Waals surface area contributed by atoms with Crippen LogP contribution in [0.4, 0.5) is 0 Å². The van der Waals surface area contributed by atoms with Crippen LogP contribution in [0, 0.1) is 5.41 Å². The van der Waals surface area contributed by atoms with Crippen LogP contribution in [0.2, 0.25) is 0 Å². The lowest BCUT2D eigenvalue weighted by Gasteiger charge is -2.51. The van der Waals surface area contributed by atoms with Crippen LogP contribution in [0.15, 0.2) is 29.4 Å². The first kappa shape index (κ1) is 15.7. The lowest BCUT2D eigenvalue weighted by molar-refractivity contribution is -0.0922. The fourth-order valence-corrected chi connectivity index (χ4v) is 3.06. The third-order valence-corrected chi connectivity index (χ3v) is 4.80. The fraction of sp³-hybridized carbons (Fsp3) is 0.562. The standard InChI is InChI=1S/C16H24N6O/c1-16(2)11(9-12(16)23-4)19-15(17-3)18-10-14-21-20-13-7-5-6-8-22(13)14/h5-8,11-12H,9-10H2,1-4H3,(H2,17,18,19). The number of guanidine groups is 1. The summed E-state index contributed by atoms with van der Waals surface area (Å²) in [6.07, 6.45) is 3.23. The molecule has 2 N–H and O–H groups in total. The molecule has 3 rings (SSSR count). The van der Waals surface area contributed by atoms with Crippen molar-refractivity contribution >= 4 is 11.6 Å². The van der Waals surface area contributed by atoms with Gasteiger partial charge in [0.15, 0.2) is 17.4 Å². The number of fused-ring (bicyclic) bond motifs is 1. The molecule has 124 valence electrons. The van der Waals surface area contributed by atoms with Gasteiger partial charge >= 0.3 is 0 Å². The summed E-state index contributed by atoms with van der Waals surface area (Å²) in [5.74, 6) is 1.62. The topological polar surface area (TPSA) is 75.8 Å². The second-order valence-corrected chi connectivity index (χ2v) is 6.45. The Morgan fingerprint density at radius 2 is 2.26 bits per heavy atom. The van der Waals surface area contributed by atoms with E-state index in [9.17, 15) is 0 Å². The van der Waals surface area contributed by atoms with E-state index in [4.69, 9.17) is 4.74 Å². The van der Waals surface area contributed by atoms with Gasteiger partial charge in [0.1, 0.15) is 0 Å². The molecule has 7 heteroatoms. The largest absolute Gasteiger partial charge is 0.381 e. The zero-order valence-corrected chi connectivity index (χ0v) is 14.1. The predicted molar refractivity (Wildman–Crippen MR) is 89.3 cm³/mol. The van der Waals surface area contributed by atoms with E-state index in [1.165, 1.54) is 0 Å². The second-order valence-electron chi connectivity index (χ2n) is 6.45. The highest BCUT2D eigenvalue weighted by Crippen LogP contribution is 2.42. The van der Waals surface area contributed by atoms with Gasteiger partial charge in [-0.1, -0.05) is 19.9 Å². The molecule has 2 aromatic rings. The summed E-state index contributed by atoms with van der Waals surface area (Å²) in [7, 11) is 3.54. The number of ether oxygens (including phenoxy) is 1. The Labute approximate surface area is 136 Å². The number of rotatable bonds is 4. The molecule has 2 atom stereocenters. The first-order valence-electron chi connectivity index (χ1n) is 7.85. The first-order chi connectivity index (χ1) is 11.1. The average molecular weight is 316 g/mol. The lowest BCUT2D eigenvalue weighted by Crippen LogP contribution is -2.63. The van der Waals surface area contributed by atoms with Crippen molar-refractivity contribution in [3.63, 3.8) is 0 Å². The number of methoxy groups -OCH3 is 1. The van der Waals surface area contributed by atoms with Crippen molar-refractivity contribution in [3.05, 3.63) is 30.2 Å². The molecular weight excluding hydrogens is 292 g/mol. The van der Waals surface area contributed by atoms with Gasteiger partial charge in [0.2, 0.25) is 0 Å². The predicted octanol–water partition coefficient (Wildman–Crippen LogP) is 1.21. The Morgan fingerprint density at radius 1 is 1.43 bits per heavy atom. The summed E-state index contributed by atoms with van der Waals surface area (Å²) in [5.41, 5.74) is 0.934. The van der Waals surface area contributed by atoms with E-state index in [0.717, 1.165) is 23.9 Å². The minimum absolute atomic E-state index is 0.0912. The van der Waals surface area contributed by atoms with E-state index in [2.05, 4.69) is 39.7 Å². The van der Waals surface area contributed by atoms with Gasteiger partial charge < -0.3 is 15.4 Å². The summed E-state index contributed by atoms with van der Waals surface area (Å²) in [4.78, 5) is 4.30. The van der Waals surface area contributed by atoms with Crippen LogP contribution in [0.5, 0.6) is 0 Å². The molecule has 1 aliphatic rings. The van der Waals surface area contributed by atoms with Crippen molar-refractivity contribution in [1.29, 1.82) is 0 Å². The number of aliphatic imine (C=N–C) groups is 1. The first-order valence-corrected chi connectivity index (χ1v) is 7.85. The van der Waals surface area contributed by atoms with Crippen LogP contribution in [0.25, 0.3) is 5.65 Å². The Hall–Kier alpha value is -2.15. The molecule has 0 saturated heterocycles. The maximum atomic E-state index is 5.49. The molecule has 23 heavy (non-hydrogen) atoms. The molecule has 7 nitrogen and oxygen atoms in total. The van der Waals surface area contributed by atoms with Gasteiger partial charge in [-0.3, -0.25) is 9.39 Å². The fourth-order valence-electron chi connectivity index (χ4n) is 3.06. The number of aromatic nitrogens is 3. The SMILES string of the molecule is CN=C(NCc1nnc2ccccn12)NC1CC(OC)C1(C)C. The number of nitrogens with one attached hydrogen (secondary N) is 2. The second kappa shape index (κ2) is 6.16. The normalized spacial score (nSPS) is 23.6. The Morgan fingerprint density at radius 3 is 2.96 bits per heavy atom. The molecule has 0 spiro atoms. The van der Waals surface area contributed by atoms with Gasteiger partial charge in [-0.25, -0.2) is 0 Å². The molecule has 0 amide bonds. The van der Waals surface area contributed by atoms with Crippen LogP contribution in [0.3, 0.4) is 0 Å². The molecule has 0 radical (unpaired) electrons. The highest BCUT2D eigenvalue weighted by Gasteiger charge is 2.48. The third-order valence-electron chi connectivity index (χ3n) is 4.80. The number of pyridine rings is 1. The zero-order chi connectivity index (χ0) is 16.4. The smallest absolute Gasteiger partial charge is 0.191 e. The van der Waals surface area contributed by atoms with Crippen molar-refractivity contribution in [2.75, 3.05) is 14.2 Å². The number of hydrogen-bond acceptors (Lipinski definition) is 4. The molecule has 1 aliphatic carbocycles. The van der Waals surface area contributed by atoms with Gasteiger partial charge in [0.05, 0.1) is 12.6 Å². The molecule has 0 aromatic carbocycles. The van der Waals surface area contributed by atoms with Gasteiger partial charge in [-0.15, -0.1) is 10.2 Å². The molecule has 2 unspecified atom stereocenters. The van der Waals surface area contributed by atoms with E-state index in [1.54, 1.807) is 14.2 Å². The van der Waals surface area contributed by atoms with E-state index in [1.807, 2.05) is 28.8 Å². The summed E-state index contributed by atoms with van der Waals surface area (Å²) >= 11 is 0. The van der Waals surface area contributed by atoms with E-state index < -0.39 is 0 Å². The molecule has 0 aliphatic heterocycles. The van der Waals surface area contributed by atoms with Crippen LogP contribution in [-0.4, -0.2) is 46.9 Å². The van der Waals surface area contributed by atoms with Crippen molar-refractivity contribution in [3.8, 4) is 0 Å². The van der Waals surface area contributed by atoms with Crippen LogP contribution in [0.1, 0.15) is 26.1 Å². The maximum absolute atomic E-state index is 5.49. The van der Waals surface area contributed by atoms with Crippen molar-refractivity contribution in [2.24, 2.45) is 10.4 Å². The molecular formula is C16H24N6O. The average Bonchev–Trinajstić information content (AvgIpc) is 2.97. The minimum Gasteiger partial charge on any atom is -0.381 e. The van der Waals surface area contributed by atoms with E-state index >= 15 is 0 Å². The molecule has 2 heterocycles. The van der Waals surface area contributed by atoms with Gasteiger partial charge in [-0.2, -0.15) is 0 Å². The zero-order valence-electron chi connectivity index (χ0n) is 14.1. The quantitative estimate of drug-likeness (QED) is 0.655. The summed E-state index contributed by atoms with van der Waals surface area (Å²) in [6.45, 7) is 4.98. The Kier molecular flexibility index (Phi) is 4.21. The summed E-state index contributed by atoms with van der Waals surface area (Å²) < 4.78 is 7.46. The van der Waals surface area contributed by atoms with Crippen LogP contribution in [-0.2, 0) is 11.3 Å². The minimum atomic E-state index is 0.0912. The van der Waals surface area contributed by atoms with Crippen LogP contribution < -0.4 is 10.6 Å². The molecule has 1 fully saturated rings. The van der Waals surface area contributed by atoms with E-state index in [0.29, 0.717) is 18.7 Å².